The molecule has 5 heteroatoms. The van der Waals surface area contributed by atoms with E-state index in [1.807, 2.05) is 0 Å². The second-order valence-electron chi connectivity index (χ2n) is 3.47. The van der Waals surface area contributed by atoms with Gasteiger partial charge in [-0.2, -0.15) is 0 Å². The van der Waals surface area contributed by atoms with Crippen molar-refractivity contribution in [3.05, 3.63) is 38.8 Å². The largest absolute Gasteiger partial charge is 0.396 e. The number of anilines is 2. The Bertz CT molecular complexity index is 475. The minimum Gasteiger partial charge on any atom is -0.396 e. The summed E-state index contributed by atoms with van der Waals surface area (Å²) in [7, 11) is 0. The molecule has 0 saturated heterocycles. The van der Waals surface area contributed by atoms with Gasteiger partial charge in [0.1, 0.15) is 0 Å². The number of thiophene rings is 1. The Morgan fingerprint density at radius 1 is 1.50 bits per heavy atom. The summed E-state index contributed by atoms with van der Waals surface area (Å²) in [6.45, 7) is 2.90. The topological polar surface area (TPSA) is 50.9 Å². The molecule has 0 aliphatic rings. The smallest absolute Gasteiger partial charge is 0.0752 e. The predicted octanol–water partition coefficient (Wildman–Crippen LogP) is 3.41. The van der Waals surface area contributed by atoms with Gasteiger partial charge in [0.25, 0.3) is 0 Å². The summed E-state index contributed by atoms with van der Waals surface area (Å²) < 4.78 is 0.890. The van der Waals surface area contributed by atoms with Crippen LogP contribution in [0.5, 0.6) is 0 Å². The van der Waals surface area contributed by atoms with Gasteiger partial charge in [-0.3, -0.25) is 4.98 Å². The zero-order chi connectivity index (χ0) is 11.5. The van der Waals surface area contributed by atoms with E-state index >= 15 is 0 Å². The Labute approximate surface area is 107 Å². The van der Waals surface area contributed by atoms with Crippen molar-refractivity contribution in [2.45, 2.75) is 13.5 Å². The summed E-state index contributed by atoms with van der Waals surface area (Å²) in [4.78, 5) is 5.32. The van der Waals surface area contributed by atoms with Crippen molar-refractivity contribution in [1.82, 2.24) is 4.98 Å². The van der Waals surface area contributed by atoms with E-state index in [4.69, 9.17) is 5.73 Å². The number of nitrogens with two attached hydrogens (primary N) is 1. The summed E-state index contributed by atoms with van der Waals surface area (Å²) in [6.07, 6.45) is 3.38. The summed E-state index contributed by atoms with van der Waals surface area (Å²) in [5, 5.41) is 5.42. The minimum atomic E-state index is 0.656. The molecule has 2 aromatic heterocycles. The summed E-state index contributed by atoms with van der Waals surface area (Å²) in [6, 6.07) is 2.12. The highest BCUT2D eigenvalue weighted by Gasteiger charge is 2.05. The van der Waals surface area contributed by atoms with E-state index in [0.29, 0.717) is 5.69 Å². The maximum atomic E-state index is 5.85. The number of nitrogen functional groups attached to an aromatic ring is 1. The second kappa shape index (κ2) is 4.84. The normalized spacial score (nSPS) is 10.4. The Hall–Kier alpha value is -1.07. The highest BCUT2D eigenvalue weighted by atomic mass is 79.9. The van der Waals surface area contributed by atoms with Crippen LogP contribution in [0.25, 0.3) is 0 Å². The van der Waals surface area contributed by atoms with E-state index in [9.17, 15) is 0 Å². The van der Waals surface area contributed by atoms with Crippen molar-refractivity contribution in [3.63, 3.8) is 0 Å². The molecule has 0 radical (unpaired) electrons. The van der Waals surface area contributed by atoms with Gasteiger partial charge in [0.15, 0.2) is 0 Å². The number of aromatic nitrogens is 1. The van der Waals surface area contributed by atoms with Gasteiger partial charge in [0.2, 0.25) is 0 Å². The van der Waals surface area contributed by atoms with Crippen LogP contribution in [-0.4, -0.2) is 4.98 Å². The Kier molecular flexibility index (Phi) is 3.46. The molecule has 0 bridgehead atoms. The molecule has 0 saturated carbocycles. The lowest BCUT2D eigenvalue weighted by Gasteiger charge is -2.10. The van der Waals surface area contributed by atoms with Crippen molar-refractivity contribution in [2.75, 3.05) is 11.1 Å². The van der Waals surface area contributed by atoms with E-state index < -0.39 is 0 Å². The van der Waals surface area contributed by atoms with Crippen molar-refractivity contribution in [2.24, 2.45) is 0 Å². The number of hydrogen-bond acceptors (Lipinski definition) is 4. The first-order valence-corrected chi connectivity index (χ1v) is 6.51. The standard InChI is InChI=1S/C11H12BrN3S/c1-7-2-3-16-10(7)6-15-11-8(12)4-14-5-9(11)13/h2-5H,6,13H2,1H3,(H,14,15). The van der Waals surface area contributed by atoms with Crippen LogP contribution in [0, 0.1) is 6.92 Å². The van der Waals surface area contributed by atoms with E-state index in [0.717, 1.165) is 16.7 Å². The highest BCUT2D eigenvalue weighted by Crippen LogP contribution is 2.28. The molecule has 2 aromatic rings. The lowest BCUT2D eigenvalue weighted by Crippen LogP contribution is -2.03. The van der Waals surface area contributed by atoms with Crippen LogP contribution in [0.2, 0.25) is 0 Å². The lowest BCUT2D eigenvalue weighted by molar-refractivity contribution is 1.15. The van der Waals surface area contributed by atoms with Crippen LogP contribution >= 0.6 is 27.3 Å². The van der Waals surface area contributed by atoms with Gasteiger partial charge in [-0.1, -0.05) is 0 Å². The fourth-order valence-corrected chi connectivity index (χ4v) is 2.72. The van der Waals surface area contributed by atoms with Crippen LogP contribution in [0.4, 0.5) is 11.4 Å². The molecule has 0 amide bonds. The van der Waals surface area contributed by atoms with Crippen LogP contribution < -0.4 is 11.1 Å². The van der Waals surface area contributed by atoms with E-state index in [-0.39, 0.29) is 0 Å². The maximum Gasteiger partial charge on any atom is 0.0752 e. The van der Waals surface area contributed by atoms with Gasteiger partial charge in [0, 0.05) is 17.6 Å². The third-order valence-corrected chi connectivity index (χ3v) is 3.95. The maximum absolute atomic E-state index is 5.85. The highest BCUT2D eigenvalue weighted by molar-refractivity contribution is 9.10. The summed E-state index contributed by atoms with van der Waals surface area (Å²) >= 11 is 5.17. The van der Waals surface area contributed by atoms with Crippen molar-refractivity contribution < 1.29 is 0 Å². The fraction of sp³-hybridized carbons (Fsp3) is 0.182. The fourth-order valence-electron chi connectivity index (χ4n) is 1.39. The molecule has 0 aliphatic heterocycles. The molecule has 0 aromatic carbocycles. The molecule has 3 nitrogen and oxygen atoms in total. The molecular weight excluding hydrogens is 286 g/mol. The van der Waals surface area contributed by atoms with Crippen LogP contribution in [0.15, 0.2) is 28.3 Å². The first-order valence-electron chi connectivity index (χ1n) is 4.84. The second-order valence-corrected chi connectivity index (χ2v) is 5.32. The first-order chi connectivity index (χ1) is 7.68. The SMILES string of the molecule is Cc1ccsc1CNc1c(N)cncc1Br. The van der Waals surface area contributed by atoms with Gasteiger partial charge in [0.05, 0.1) is 22.0 Å². The number of rotatable bonds is 3. The van der Waals surface area contributed by atoms with Gasteiger partial charge >= 0.3 is 0 Å². The van der Waals surface area contributed by atoms with E-state index in [2.05, 4.69) is 44.6 Å². The van der Waals surface area contributed by atoms with Crippen molar-refractivity contribution in [1.29, 1.82) is 0 Å². The zero-order valence-corrected chi connectivity index (χ0v) is 11.2. The van der Waals surface area contributed by atoms with Crippen molar-refractivity contribution >= 4 is 38.6 Å². The molecular formula is C11H12BrN3S. The van der Waals surface area contributed by atoms with Gasteiger partial charge in [-0.15, -0.1) is 11.3 Å². The van der Waals surface area contributed by atoms with Gasteiger partial charge in [-0.05, 0) is 39.9 Å². The van der Waals surface area contributed by atoms with E-state index in [1.165, 1.54) is 10.4 Å². The first kappa shape index (κ1) is 11.4. The molecule has 3 N–H and O–H groups in total. The van der Waals surface area contributed by atoms with Crippen LogP contribution in [0.1, 0.15) is 10.4 Å². The molecule has 2 rings (SSSR count). The van der Waals surface area contributed by atoms with Gasteiger partial charge in [-0.25, -0.2) is 0 Å². The average molecular weight is 298 g/mol. The summed E-state index contributed by atoms with van der Waals surface area (Å²) in [5.41, 5.74) is 8.72. The molecule has 0 aliphatic carbocycles. The van der Waals surface area contributed by atoms with Gasteiger partial charge < -0.3 is 11.1 Å². The van der Waals surface area contributed by atoms with Crippen LogP contribution in [-0.2, 0) is 6.54 Å². The molecule has 0 spiro atoms. The predicted molar refractivity (Wildman–Crippen MR) is 72.7 cm³/mol. The summed E-state index contributed by atoms with van der Waals surface area (Å²) in [5.74, 6) is 0. The Morgan fingerprint density at radius 2 is 2.31 bits per heavy atom. The quantitative estimate of drug-likeness (QED) is 0.913. The number of nitrogens with one attached hydrogen (secondary N) is 1. The molecule has 0 atom stereocenters. The van der Waals surface area contributed by atoms with Crippen LogP contribution in [0.3, 0.4) is 0 Å². The lowest BCUT2D eigenvalue weighted by atomic mass is 10.3. The minimum absolute atomic E-state index is 0.656. The third-order valence-electron chi connectivity index (χ3n) is 2.32. The third kappa shape index (κ3) is 2.36. The number of pyridine rings is 1. The molecule has 2 heterocycles. The number of hydrogen-bond donors (Lipinski definition) is 2. The van der Waals surface area contributed by atoms with Crippen molar-refractivity contribution in [3.8, 4) is 0 Å². The number of aryl methyl sites for hydroxylation is 1. The zero-order valence-electron chi connectivity index (χ0n) is 8.83. The molecule has 84 valence electrons. The molecule has 0 fully saturated rings. The molecule has 16 heavy (non-hydrogen) atoms. The van der Waals surface area contributed by atoms with E-state index in [1.54, 1.807) is 23.7 Å². The Morgan fingerprint density at radius 3 is 2.94 bits per heavy atom. The average Bonchev–Trinajstić information content (AvgIpc) is 2.64. The number of nitrogens with zero attached hydrogens (tertiary/aromatic N) is 1. The monoisotopic (exact) mass is 297 g/mol. The molecule has 0 unspecified atom stereocenters. The Balaban J connectivity index is 2.14. The number of halogens is 1.